The molecular weight excluding hydrogens is 318 g/mol. The van der Waals surface area contributed by atoms with Crippen LogP contribution in [0.4, 0.5) is 0 Å². The highest BCUT2D eigenvalue weighted by Crippen LogP contribution is 2.23. The molecule has 3 heterocycles. The normalized spacial score (nSPS) is 31.5. The predicted molar refractivity (Wildman–Crippen MR) is 97.5 cm³/mol. The number of hydrogen-bond acceptors (Lipinski definition) is 5. The Morgan fingerprint density at radius 1 is 1.00 bits per heavy atom. The molecule has 2 atom stereocenters. The van der Waals surface area contributed by atoms with E-state index in [2.05, 4.69) is 16.8 Å². The highest BCUT2D eigenvalue weighted by atomic mass is 16.5. The molecule has 3 rings (SSSR count). The van der Waals surface area contributed by atoms with Gasteiger partial charge in [0.05, 0.1) is 6.10 Å². The number of nitrogens with zero attached hydrogens (tertiary/aromatic N) is 3. The Morgan fingerprint density at radius 2 is 1.76 bits per heavy atom. The summed E-state index contributed by atoms with van der Waals surface area (Å²) < 4.78 is 5.39. The fraction of sp³-hybridized carbons (Fsp3) is 0.947. The molecule has 1 amide bonds. The number of likely N-dealkylation sites (tertiary alicyclic amines) is 1. The van der Waals surface area contributed by atoms with Gasteiger partial charge in [-0.3, -0.25) is 9.69 Å². The molecule has 0 unspecified atom stereocenters. The van der Waals surface area contributed by atoms with E-state index in [1.165, 1.54) is 0 Å². The monoisotopic (exact) mass is 353 g/mol. The summed E-state index contributed by atoms with van der Waals surface area (Å²) >= 11 is 0. The van der Waals surface area contributed by atoms with Gasteiger partial charge in [-0.05, 0) is 58.2 Å². The first-order chi connectivity index (χ1) is 12.1. The molecule has 3 fully saturated rings. The van der Waals surface area contributed by atoms with Gasteiger partial charge < -0.3 is 19.6 Å². The van der Waals surface area contributed by atoms with E-state index in [4.69, 9.17) is 4.74 Å². The number of amides is 1. The molecule has 0 radical (unpaired) electrons. The summed E-state index contributed by atoms with van der Waals surface area (Å²) in [7, 11) is 2.17. The van der Waals surface area contributed by atoms with Crippen molar-refractivity contribution in [1.29, 1.82) is 0 Å². The van der Waals surface area contributed by atoms with E-state index in [9.17, 15) is 9.90 Å². The molecule has 3 aliphatic rings. The zero-order valence-corrected chi connectivity index (χ0v) is 15.7. The van der Waals surface area contributed by atoms with Gasteiger partial charge >= 0.3 is 0 Å². The van der Waals surface area contributed by atoms with Crippen molar-refractivity contribution in [3.05, 3.63) is 0 Å². The van der Waals surface area contributed by atoms with Crippen LogP contribution in [-0.4, -0.2) is 97.4 Å². The molecule has 0 aromatic carbocycles. The lowest BCUT2D eigenvalue weighted by Crippen LogP contribution is -2.45. The summed E-state index contributed by atoms with van der Waals surface area (Å²) in [5.41, 5.74) is 0. The van der Waals surface area contributed by atoms with E-state index in [1.807, 2.05) is 4.90 Å². The summed E-state index contributed by atoms with van der Waals surface area (Å²) in [5, 5.41) is 10.7. The van der Waals surface area contributed by atoms with E-state index < -0.39 is 0 Å². The average molecular weight is 354 g/mol. The number of ether oxygens (including phenoxy) is 1. The van der Waals surface area contributed by atoms with Crippen LogP contribution in [0.3, 0.4) is 0 Å². The van der Waals surface area contributed by atoms with Gasteiger partial charge in [-0.15, -0.1) is 0 Å². The van der Waals surface area contributed by atoms with Crippen LogP contribution in [0.5, 0.6) is 0 Å². The zero-order chi connectivity index (χ0) is 17.6. The molecule has 3 aliphatic heterocycles. The first-order valence-corrected chi connectivity index (χ1v) is 10.1. The lowest BCUT2D eigenvalue weighted by molar-refractivity contribution is -0.132. The first kappa shape index (κ1) is 19.1. The maximum absolute atomic E-state index is 12.7. The molecule has 1 N–H and O–H groups in total. The number of rotatable bonds is 3. The predicted octanol–water partition coefficient (Wildman–Crippen LogP) is 0.793. The van der Waals surface area contributed by atoms with E-state index in [0.717, 1.165) is 71.6 Å². The van der Waals surface area contributed by atoms with Crippen molar-refractivity contribution < 1.29 is 14.6 Å². The lowest BCUT2D eigenvalue weighted by Gasteiger charge is -2.32. The summed E-state index contributed by atoms with van der Waals surface area (Å²) in [6.45, 7) is 7.36. The largest absolute Gasteiger partial charge is 0.391 e. The number of carbonyl (C=O) groups excluding carboxylic acids is 1. The molecule has 144 valence electrons. The van der Waals surface area contributed by atoms with E-state index >= 15 is 0 Å². The molecule has 0 saturated carbocycles. The highest BCUT2D eigenvalue weighted by Gasteiger charge is 2.32. The Hall–Kier alpha value is -0.690. The van der Waals surface area contributed by atoms with E-state index in [1.54, 1.807) is 0 Å². The second kappa shape index (κ2) is 9.31. The van der Waals surface area contributed by atoms with Crippen molar-refractivity contribution >= 4 is 5.91 Å². The third kappa shape index (κ3) is 5.39. The first-order valence-electron chi connectivity index (χ1n) is 10.1. The molecule has 0 aliphatic carbocycles. The van der Waals surface area contributed by atoms with Crippen molar-refractivity contribution in [1.82, 2.24) is 14.7 Å². The Labute approximate surface area is 152 Å². The Bertz CT molecular complexity index is 428. The van der Waals surface area contributed by atoms with Crippen molar-refractivity contribution in [3.8, 4) is 0 Å². The van der Waals surface area contributed by atoms with Gasteiger partial charge in [-0.1, -0.05) is 0 Å². The number of carbonyl (C=O) groups is 1. The van der Waals surface area contributed by atoms with E-state index in [-0.39, 0.29) is 18.1 Å². The minimum absolute atomic E-state index is 0.201. The molecule has 6 nitrogen and oxygen atoms in total. The van der Waals surface area contributed by atoms with Gasteiger partial charge in [0.1, 0.15) is 0 Å². The number of hydrogen-bond donors (Lipinski definition) is 1. The summed E-state index contributed by atoms with van der Waals surface area (Å²) in [6, 6.07) is 0.201. The highest BCUT2D eigenvalue weighted by molar-refractivity contribution is 5.76. The smallest absolute Gasteiger partial charge is 0.222 e. The van der Waals surface area contributed by atoms with Gasteiger partial charge in [0.2, 0.25) is 5.91 Å². The number of likely N-dealkylation sites (N-methyl/N-ethyl adjacent to an activating group) is 1. The van der Waals surface area contributed by atoms with Crippen LogP contribution in [0.15, 0.2) is 0 Å². The maximum atomic E-state index is 12.7. The van der Waals surface area contributed by atoms with Gasteiger partial charge in [0, 0.05) is 51.9 Å². The van der Waals surface area contributed by atoms with Crippen LogP contribution in [0.1, 0.15) is 38.5 Å². The molecule has 0 aromatic heterocycles. The fourth-order valence-corrected chi connectivity index (χ4v) is 4.47. The van der Waals surface area contributed by atoms with Crippen LogP contribution < -0.4 is 0 Å². The number of aliphatic hydroxyl groups excluding tert-OH is 1. The Kier molecular flexibility index (Phi) is 7.10. The molecule has 0 bridgehead atoms. The second-order valence-electron chi connectivity index (χ2n) is 8.05. The molecule has 25 heavy (non-hydrogen) atoms. The van der Waals surface area contributed by atoms with Crippen LogP contribution in [0, 0.1) is 5.92 Å². The van der Waals surface area contributed by atoms with Crippen LogP contribution in [-0.2, 0) is 9.53 Å². The van der Waals surface area contributed by atoms with Gasteiger partial charge in [-0.2, -0.15) is 0 Å². The second-order valence-corrected chi connectivity index (χ2v) is 8.05. The van der Waals surface area contributed by atoms with Crippen LogP contribution >= 0.6 is 0 Å². The summed E-state index contributed by atoms with van der Waals surface area (Å²) in [5.74, 6) is 0.752. The Balaban J connectivity index is 1.52. The van der Waals surface area contributed by atoms with Crippen LogP contribution in [0.2, 0.25) is 0 Å². The van der Waals surface area contributed by atoms with Crippen LogP contribution in [0.25, 0.3) is 0 Å². The average Bonchev–Trinajstić information content (AvgIpc) is 2.94. The Morgan fingerprint density at radius 3 is 2.56 bits per heavy atom. The SMILES string of the molecule is CN1CCCN([C@H]2CCN(C(=O)CC3CCOCC3)CC[C@@H]2O)CC1. The number of aliphatic hydroxyl groups is 1. The molecular formula is C19H35N3O3. The minimum Gasteiger partial charge on any atom is -0.391 e. The maximum Gasteiger partial charge on any atom is 0.222 e. The lowest BCUT2D eigenvalue weighted by atomic mass is 9.96. The van der Waals surface area contributed by atoms with Crippen molar-refractivity contribution in [3.63, 3.8) is 0 Å². The molecule has 6 heteroatoms. The summed E-state index contributed by atoms with van der Waals surface area (Å²) in [4.78, 5) is 19.5. The van der Waals surface area contributed by atoms with Gasteiger partial charge in [-0.25, -0.2) is 0 Å². The minimum atomic E-state index is -0.315. The molecule has 0 aromatic rings. The molecule has 3 saturated heterocycles. The topological polar surface area (TPSA) is 56.2 Å². The standard InChI is InChI=1S/C19H35N3O3/c1-20-7-2-8-21(12-11-20)17-3-9-22(10-4-18(17)23)19(24)15-16-5-13-25-14-6-16/h16-18,23H,2-15H2,1H3/t17-,18-/m0/s1. The van der Waals surface area contributed by atoms with Gasteiger partial charge in [0.25, 0.3) is 0 Å². The summed E-state index contributed by atoms with van der Waals surface area (Å²) in [6.07, 6.45) is 5.11. The quantitative estimate of drug-likeness (QED) is 0.813. The third-order valence-electron chi connectivity index (χ3n) is 6.21. The molecule has 0 spiro atoms. The van der Waals surface area contributed by atoms with Gasteiger partial charge in [0.15, 0.2) is 0 Å². The zero-order valence-electron chi connectivity index (χ0n) is 15.7. The third-order valence-corrected chi connectivity index (χ3v) is 6.21. The van der Waals surface area contributed by atoms with Crippen molar-refractivity contribution in [2.75, 3.05) is 59.5 Å². The van der Waals surface area contributed by atoms with E-state index in [0.29, 0.717) is 25.3 Å². The fourth-order valence-electron chi connectivity index (χ4n) is 4.47. The van der Waals surface area contributed by atoms with Crippen molar-refractivity contribution in [2.45, 2.75) is 50.7 Å². The van der Waals surface area contributed by atoms with Crippen molar-refractivity contribution in [2.24, 2.45) is 5.92 Å².